The first-order valence-electron chi connectivity index (χ1n) is 21.2. The van der Waals surface area contributed by atoms with E-state index < -0.39 is 5.79 Å². The Balaban J connectivity index is 0.000000748. The van der Waals surface area contributed by atoms with Crippen LogP contribution in [-0.4, -0.2) is 169 Å². The molecule has 0 bridgehead atoms. The van der Waals surface area contributed by atoms with Crippen LogP contribution in [0.3, 0.4) is 0 Å². The number of halogens is 4. The Bertz CT molecular complexity index is 1750. The molecule has 8 heterocycles. The molecule has 8 rings (SSSR count). The van der Waals surface area contributed by atoms with Crippen LogP contribution in [0, 0.1) is 13.8 Å². The molecule has 5 saturated heterocycles. The molecule has 23 heteroatoms. The van der Waals surface area contributed by atoms with Gasteiger partial charge in [-0.1, -0.05) is 15.5 Å². The Morgan fingerprint density at radius 2 is 1.40 bits per heavy atom. The quantitative estimate of drug-likeness (QED) is 0.0881. The first kappa shape index (κ1) is 63.4. The number of carbonyl (C=O) groups is 2. The summed E-state index contributed by atoms with van der Waals surface area (Å²) >= 11 is 5.30. The molecule has 0 amide bonds. The minimum absolute atomic E-state index is 0. The molecule has 0 aromatic carbocycles. The maximum absolute atomic E-state index is 11.4. The second-order valence-electron chi connectivity index (χ2n) is 16.3. The summed E-state index contributed by atoms with van der Waals surface area (Å²) in [6.07, 6.45) is 7.55. The predicted octanol–water partition coefficient (Wildman–Crippen LogP) is 2.43. The number of likely N-dealkylation sites (N-methyl/N-ethyl adjacent to an activating group) is 3. The van der Waals surface area contributed by atoms with Gasteiger partial charge in [-0.2, -0.15) is 0 Å². The number of esters is 1. The number of methoxy groups -OCH3 is 1. The van der Waals surface area contributed by atoms with Crippen LogP contribution in [-0.2, 0) is 19.2 Å². The molecule has 19 nitrogen and oxygen atoms in total. The minimum Gasteiger partial charge on any atom is -0.320 e. The smallest absolute Gasteiger partial charge is 0.219 e. The second-order valence-corrected chi connectivity index (χ2v) is 32.6. The van der Waals surface area contributed by atoms with Crippen molar-refractivity contribution in [1.29, 1.82) is 0 Å². The van der Waals surface area contributed by atoms with Crippen molar-refractivity contribution in [3.05, 3.63) is 46.8 Å². The SMILES string of the molecule is CC1=NOC(O)(C2CCN2C)C1.CN/C(C)=C\C(=O)C1CCN1C.CN=C(C)C.COC(=O)C1CCN1C.Cc1cc(C2CCN2)on1.Cc1cc(C2CCN2C)on1.Cl.I[I-]I.NO. The Kier molecular flexibility index (Phi) is 33.0. The van der Waals surface area contributed by atoms with E-state index in [4.69, 9.17) is 19.1 Å². The number of nitrogens with one attached hydrogen (secondary N) is 2. The molecule has 6 unspecified atom stereocenters. The molecule has 6 aliphatic rings. The standard InChI is InChI=1S/C9H16N2O.C8H14N2O2.C8H12N2O.C7H10N2O.C6H11NO2.C4H9N.ClH.I3.H3NO/c1-7(10-2)6-9(12)8-4-5-11(8)3;1-6-5-8(11,12-9-6)7-3-4-10(7)2;1-6-5-8(11-9-6)7-3-4-10(7)2;1-5-4-7(10-9-5)6-2-3-8-6;1-7-4-3-5(7)6(8)9-2;1-4(2)5-3;;1-3-2;1-2/h6,8,10H,4-5H2,1-3H3;7,11H,3-5H2,1-2H3;5,7H,3-4H2,1-2H3;4,6,8H,2-3H2,1H3;5H,3-4H2,1-2H3;1-3H3;1H;;2H,1H2/q;;;;;;;-1;/b7-6-;;;;;;;;. The van der Waals surface area contributed by atoms with Gasteiger partial charge >= 0.3 is 56.5 Å². The van der Waals surface area contributed by atoms with Crippen molar-refractivity contribution >= 4 is 72.8 Å². The van der Waals surface area contributed by atoms with Crippen molar-refractivity contribution in [3.8, 4) is 0 Å². The van der Waals surface area contributed by atoms with Gasteiger partial charge in [-0.3, -0.25) is 34.2 Å². The number of hydrogen-bond acceptors (Lipinski definition) is 19. The summed E-state index contributed by atoms with van der Waals surface area (Å²) < 4.78 is 14.7. The van der Waals surface area contributed by atoms with Gasteiger partial charge in [0.2, 0.25) is 0 Å². The average Bonchev–Trinajstić information content (AvgIpc) is 3.95. The fraction of sp³-hybridized carbons (Fsp3) is 0.714. The van der Waals surface area contributed by atoms with E-state index >= 15 is 0 Å². The van der Waals surface area contributed by atoms with Gasteiger partial charge in [-0.05, 0) is 108 Å². The number of rotatable bonds is 7. The van der Waals surface area contributed by atoms with Gasteiger partial charge in [0.05, 0.1) is 54.8 Å². The summed E-state index contributed by atoms with van der Waals surface area (Å²) in [4.78, 5) is 39.4. The zero-order valence-electron chi connectivity index (χ0n) is 40.4. The van der Waals surface area contributed by atoms with Gasteiger partial charge in [0.1, 0.15) is 6.04 Å². The summed E-state index contributed by atoms with van der Waals surface area (Å²) in [5.41, 5.74) is 4.87. The third-order valence-electron chi connectivity index (χ3n) is 11.3. The van der Waals surface area contributed by atoms with Crippen LogP contribution in [0.2, 0.25) is 0 Å². The Labute approximate surface area is 422 Å². The molecular formula is C42H76ClI3N11O8-. The van der Waals surface area contributed by atoms with E-state index in [9.17, 15) is 14.7 Å². The molecule has 2 aromatic rings. The molecule has 6 aliphatic heterocycles. The van der Waals surface area contributed by atoms with E-state index in [2.05, 4.69) is 101 Å². The molecule has 65 heavy (non-hydrogen) atoms. The number of aliphatic imine (C=N–C) groups is 1. The number of likely N-dealkylation sites (tertiary alicyclic amines) is 4. The number of allylic oxidation sites excluding steroid dienone is 1. The topological polar surface area (TPSA) is 233 Å². The van der Waals surface area contributed by atoms with Crippen LogP contribution < -0.4 is 29.8 Å². The monoisotopic (exact) mass is 1280 g/mol. The fourth-order valence-electron chi connectivity index (χ4n) is 6.56. The maximum atomic E-state index is 11.4. The normalized spacial score (nSPS) is 25.0. The first-order valence-corrected chi connectivity index (χ1v) is 33.8. The van der Waals surface area contributed by atoms with Gasteiger partial charge in [0, 0.05) is 69.9 Å². The Hall–Kier alpha value is -1.60. The van der Waals surface area contributed by atoms with E-state index in [1.165, 1.54) is 26.5 Å². The number of aliphatic hydroxyl groups is 1. The molecule has 376 valence electrons. The summed E-state index contributed by atoms with van der Waals surface area (Å²) in [7, 11) is 13.0. The largest absolute Gasteiger partial charge is 0.320 e. The molecule has 6 N–H and O–H groups in total. The summed E-state index contributed by atoms with van der Waals surface area (Å²) in [5.74, 6) is 4.55. The molecule has 2 aromatic heterocycles. The van der Waals surface area contributed by atoms with Gasteiger partial charge in [-0.15, -0.1) is 12.4 Å². The van der Waals surface area contributed by atoms with Crippen molar-refractivity contribution in [2.75, 3.05) is 82.1 Å². The molecule has 5 fully saturated rings. The van der Waals surface area contributed by atoms with Gasteiger partial charge in [0.25, 0.3) is 5.79 Å². The minimum atomic E-state index is -1.04. The number of hydrogen-bond donors (Lipinski definition) is 5. The van der Waals surface area contributed by atoms with E-state index in [-0.39, 0.29) is 42.3 Å². The van der Waals surface area contributed by atoms with Crippen molar-refractivity contribution < 1.29 is 51.8 Å². The van der Waals surface area contributed by atoms with Crippen molar-refractivity contribution in [1.82, 2.24) is 40.5 Å². The van der Waals surface area contributed by atoms with Gasteiger partial charge in [-0.25, -0.2) is 5.90 Å². The summed E-state index contributed by atoms with van der Waals surface area (Å²) in [6, 6.07) is 5.20. The van der Waals surface area contributed by atoms with Crippen molar-refractivity contribution in [2.45, 2.75) is 116 Å². The molecule has 0 aliphatic carbocycles. The third-order valence-corrected chi connectivity index (χ3v) is 11.3. The van der Waals surface area contributed by atoms with Crippen LogP contribution in [0.25, 0.3) is 0 Å². The van der Waals surface area contributed by atoms with Crippen LogP contribution in [0.15, 0.2) is 43.1 Å². The molecule has 0 spiro atoms. The van der Waals surface area contributed by atoms with Crippen LogP contribution in [0.4, 0.5) is 0 Å². The van der Waals surface area contributed by atoms with Crippen LogP contribution >= 0.6 is 49.6 Å². The second kappa shape index (κ2) is 33.8. The van der Waals surface area contributed by atoms with Gasteiger partial charge < -0.3 is 39.6 Å². The molecule has 0 saturated carbocycles. The van der Waals surface area contributed by atoms with Crippen LogP contribution in [0.5, 0.6) is 0 Å². The summed E-state index contributed by atoms with van der Waals surface area (Å²) in [6.45, 7) is 17.0. The average molecular weight is 1280 g/mol. The number of carbonyl (C=O) groups excluding carboxylic acids is 2. The number of aryl methyl sites for hydroxylation is 2. The number of nitrogens with zero attached hydrogens (tertiary/aromatic N) is 8. The number of ketones is 1. The van der Waals surface area contributed by atoms with Crippen molar-refractivity contribution in [2.24, 2.45) is 16.0 Å². The first-order chi connectivity index (χ1) is 30.3. The zero-order valence-corrected chi connectivity index (χ0v) is 47.7. The van der Waals surface area contributed by atoms with Crippen LogP contribution in [0.1, 0.15) is 101 Å². The third kappa shape index (κ3) is 22.1. The summed E-state index contributed by atoms with van der Waals surface area (Å²) in [5, 5.41) is 34.1. The van der Waals surface area contributed by atoms with Gasteiger partial charge in [0.15, 0.2) is 17.3 Å². The van der Waals surface area contributed by atoms with Crippen molar-refractivity contribution in [3.63, 3.8) is 0 Å². The van der Waals surface area contributed by atoms with E-state index in [0.29, 0.717) is 31.8 Å². The van der Waals surface area contributed by atoms with E-state index in [1.54, 1.807) is 13.1 Å². The molecule has 0 radical (unpaired) electrons. The predicted molar refractivity (Wildman–Crippen MR) is 271 cm³/mol. The number of nitrogens with two attached hydrogens (primary N) is 1. The van der Waals surface area contributed by atoms with E-state index in [0.717, 1.165) is 85.5 Å². The molecular weight excluding hydrogens is 1200 g/mol. The zero-order chi connectivity index (χ0) is 48.6. The number of ether oxygens (including phenoxy) is 1. The number of aromatic nitrogens is 2. The number of oxime groups is 1. The molecule has 6 atom stereocenters. The maximum Gasteiger partial charge on any atom is -0.219 e. The fourth-order valence-corrected chi connectivity index (χ4v) is 6.56. The Morgan fingerprint density at radius 3 is 1.65 bits per heavy atom. The Morgan fingerprint density at radius 1 is 0.908 bits per heavy atom. The van der Waals surface area contributed by atoms with E-state index in [1.807, 2.05) is 86.8 Å².